The number of methoxy groups -OCH3 is 1. The third-order valence-corrected chi connectivity index (χ3v) is 4.80. The number of hydrogen-bond donors (Lipinski definition) is 0. The fourth-order valence-corrected chi connectivity index (χ4v) is 3.55. The molecule has 0 bridgehead atoms. The van der Waals surface area contributed by atoms with E-state index in [2.05, 4.69) is 0 Å². The highest BCUT2D eigenvalue weighted by molar-refractivity contribution is 6.36. The van der Waals surface area contributed by atoms with Crippen LogP contribution < -0.4 is 0 Å². The zero-order valence-corrected chi connectivity index (χ0v) is 14.2. The summed E-state index contributed by atoms with van der Waals surface area (Å²) in [4.78, 5) is 25.9. The second-order valence-electron chi connectivity index (χ2n) is 5.48. The quantitative estimate of drug-likeness (QED) is 0.789. The summed E-state index contributed by atoms with van der Waals surface area (Å²) < 4.78 is 4.76. The number of likely N-dealkylation sites (tertiary alicyclic amines) is 1. The predicted octanol–water partition coefficient (Wildman–Crippen LogP) is 3.51. The average molecular weight is 344 g/mol. The number of rotatable bonds is 3. The zero-order chi connectivity index (χ0) is 16.3. The number of nitrogens with zero attached hydrogens (tertiary/aromatic N) is 1. The second kappa shape index (κ2) is 7.34. The molecule has 22 heavy (non-hydrogen) atoms. The van der Waals surface area contributed by atoms with Crippen molar-refractivity contribution in [3.63, 3.8) is 0 Å². The molecular formula is C16H19Cl2NO3. The van der Waals surface area contributed by atoms with Gasteiger partial charge in [0, 0.05) is 28.7 Å². The SMILES string of the molecule is COC(=O)C1CCN(C(=O)[C@@H](C)c2c(Cl)cccc2Cl)CC1. The molecule has 1 atom stereocenters. The standard InChI is InChI=1S/C16H19Cl2NO3/c1-10(14-12(17)4-3-5-13(14)18)15(20)19-8-6-11(7-9-19)16(21)22-2/h3-5,10-11H,6-9H2,1-2H3/t10-/m0/s1. The minimum atomic E-state index is -0.407. The Bertz CT molecular complexity index is 548. The normalized spacial score (nSPS) is 17.2. The van der Waals surface area contributed by atoms with Gasteiger partial charge in [0.1, 0.15) is 0 Å². The molecule has 0 unspecified atom stereocenters. The molecular weight excluding hydrogens is 325 g/mol. The van der Waals surface area contributed by atoms with E-state index in [1.165, 1.54) is 7.11 Å². The molecule has 0 spiro atoms. The highest BCUT2D eigenvalue weighted by Gasteiger charge is 2.31. The molecule has 1 saturated heterocycles. The molecule has 6 heteroatoms. The van der Waals surface area contributed by atoms with Crippen LogP contribution >= 0.6 is 23.2 Å². The van der Waals surface area contributed by atoms with Gasteiger partial charge in [0.05, 0.1) is 18.9 Å². The van der Waals surface area contributed by atoms with Crippen molar-refractivity contribution < 1.29 is 14.3 Å². The third kappa shape index (κ3) is 3.55. The summed E-state index contributed by atoms with van der Waals surface area (Å²) in [5, 5.41) is 0.996. The van der Waals surface area contributed by atoms with Gasteiger partial charge in [-0.25, -0.2) is 0 Å². The summed E-state index contributed by atoms with van der Waals surface area (Å²) in [5.74, 6) is -0.739. The fourth-order valence-electron chi connectivity index (χ4n) is 2.82. The van der Waals surface area contributed by atoms with Gasteiger partial charge in [-0.15, -0.1) is 0 Å². The molecule has 0 saturated carbocycles. The first-order chi connectivity index (χ1) is 10.5. The van der Waals surface area contributed by atoms with E-state index in [9.17, 15) is 9.59 Å². The van der Waals surface area contributed by atoms with Gasteiger partial charge in [-0.1, -0.05) is 29.3 Å². The minimum absolute atomic E-state index is 0.0154. The van der Waals surface area contributed by atoms with Crippen molar-refractivity contribution in [2.45, 2.75) is 25.7 Å². The van der Waals surface area contributed by atoms with Gasteiger partial charge in [0.15, 0.2) is 0 Å². The van der Waals surface area contributed by atoms with Crippen molar-refractivity contribution >= 4 is 35.1 Å². The maximum Gasteiger partial charge on any atom is 0.308 e. The van der Waals surface area contributed by atoms with Crippen molar-refractivity contribution in [2.24, 2.45) is 5.92 Å². The fraction of sp³-hybridized carbons (Fsp3) is 0.500. The number of hydrogen-bond acceptors (Lipinski definition) is 3. The van der Waals surface area contributed by atoms with Crippen molar-refractivity contribution in [1.82, 2.24) is 4.90 Å². The van der Waals surface area contributed by atoms with E-state index in [0.29, 0.717) is 41.5 Å². The van der Waals surface area contributed by atoms with Crippen LogP contribution in [0.5, 0.6) is 0 Å². The second-order valence-corrected chi connectivity index (χ2v) is 6.29. The number of esters is 1. The van der Waals surface area contributed by atoms with E-state index in [4.69, 9.17) is 27.9 Å². The number of halogens is 2. The van der Waals surface area contributed by atoms with Crippen molar-refractivity contribution in [1.29, 1.82) is 0 Å². The first-order valence-electron chi connectivity index (χ1n) is 7.26. The van der Waals surface area contributed by atoms with Crippen LogP contribution in [0.3, 0.4) is 0 Å². The molecule has 1 heterocycles. The number of benzene rings is 1. The summed E-state index contributed by atoms with van der Waals surface area (Å²) in [7, 11) is 1.39. The summed E-state index contributed by atoms with van der Waals surface area (Å²) in [5.41, 5.74) is 0.658. The van der Waals surface area contributed by atoms with E-state index in [1.807, 2.05) is 6.92 Å². The average Bonchev–Trinajstić information content (AvgIpc) is 2.53. The van der Waals surface area contributed by atoms with E-state index in [0.717, 1.165) is 0 Å². The minimum Gasteiger partial charge on any atom is -0.469 e. The Morgan fingerprint density at radius 3 is 2.27 bits per heavy atom. The Balaban J connectivity index is 2.05. The lowest BCUT2D eigenvalue weighted by Gasteiger charge is -2.32. The molecule has 120 valence electrons. The van der Waals surface area contributed by atoms with Gasteiger partial charge in [-0.2, -0.15) is 0 Å². The largest absolute Gasteiger partial charge is 0.469 e. The number of carbonyl (C=O) groups excluding carboxylic acids is 2. The van der Waals surface area contributed by atoms with Gasteiger partial charge in [0.25, 0.3) is 0 Å². The lowest BCUT2D eigenvalue weighted by molar-refractivity contribution is -0.149. The molecule has 0 aliphatic carbocycles. The lowest BCUT2D eigenvalue weighted by atomic mass is 9.94. The Kier molecular flexibility index (Phi) is 5.70. The van der Waals surface area contributed by atoms with E-state index in [1.54, 1.807) is 23.1 Å². The van der Waals surface area contributed by atoms with Crippen molar-refractivity contribution in [2.75, 3.05) is 20.2 Å². The predicted molar refractivity (Wildman–Crippen MR) is 86.2 cm³/mol. The number of piperidine rings is 1. The number of amides is 1. The van der Waals surface area contributed by atoms with Crippen molar-refractivity contribution in [3.05, 3.63) is 33.8 Å². The summed E-state index contributed by atoms with van der Waals surface area (Å²) >= 11 is 12.3. The molecule has 0 N–H and O–H groups in total. The highest BCUT2D eigenvalue weighted by Crippen LogP contribution is 2.33. The van der Waals surface area contributed by atoms with Gasteiger partial charge in [0.2, 0.25) is 5.91 Å². The first kappa shape index (κ1) is 17.1. The number of carbonyl (C=O) groups is 2. The molecule has 4 nitrogen and oxygen atoms in total. The van der Waals surface area contributed by atoms with Crippen LogP contribution in [0, 0.1) is 5.92 Å². The lowest BCUT2D eigenvalue weighted by Crippen LogP contribution is -2.42. The Labute approximate surface area is 140 Å². The van der Waals surface area contributed by atoms with Gasteiger partial charge < -0.3 is 9.64 Å². The first-order valence-corrected chi connectivity index (χ1v) is 8.01. The smallest absolute Gasteiger partial charge is 0.308 e. The van der Waals surface area contributed by atoms with Crippen LogP contribution in [0.1, 0.15) is 31.2 Å². The third-order valence-electron chi connectivity index (χ3n) is 4.14. The molecule has 2 rings (SSSR count). The maximum absolute atomic E-state index is 12.6. The summed E-state index contributed by atoms with van der Waals surface area (Å²) in [6.07, 6.45) is 1.25. The van der Waals surface area contributed by atoms with Crippen molar-refractivity contribution in [3.8, 4) is 0 Å². The zero-order valence-electron chi connectivity index (χ0n) is 12.6. The van der Waals surface area contributed by atoms with Gasteiger partial charge in [-0.05, 0) is 31.9 Å². The van der Waals surface area contributed by atoms with E-state index < -0.39 is 5.92 Å². The van der Waals surface area contributed by atoms with Crippen LogP contribution in [-0.2, 0) is 14.3 Å². The molecule has 1 aromatic carbocycles. The Hall–Kier alpha value is -1.26. The van der Waals surface area contributed by atoms with Gasteiger partial charge in [-0.3, -0.25) is 9.59 Å². The summed E-state index contributed by atoms with van der Waals surface area (Å²) in [6, 6.07) is 5.22. The monoisotopic (exact) mass is 343 g/mol. The molecule has 1 aromatic rings. The summed E-state index contributed by atoms with van der Waals surface area (Å²) in [6.45, 7) is 2.90. The van der Waals surface area contributed by atoms with Gasteiger partial charge >= 0.3 is 5.97 Å². The maximum atomic E-state index is 12.6. The molecule has 1 aliphatic heterocycles. The Morgan fingerprint density at radius 1 is 1.23 bits per heavy atom. The topological polar surface area (TPSA) is 46.6 Å². The Morgan fingerprint density at radius 2 is 1.77 bits per heavy atom. The van der Waals surface area contributed by atoms with E-state index in [-0.39, 0.29) is 17.8 Å². The number of ether oxygens (including phenoxy) is 1. The molecule has 0 aromatic heterocycles. The highest BCUT2D eigenvalue weighted by atomic mass is 35.5. The molecule has 1 aliphatic rings. The molecule has 0 radical (unpaired) electrons. The molecule has 1 amide bonds. The van der Waals surface area contributed by atoms with Crippen LogP contribution in [-0.4, -0.2) is 37.0 Å². The van der Waals surface area contributed by atoms with Crippen LogP contribution in [0.25, 0.3) is 0 Å². The molecule has 1 fully saturated rings. The van der Waals surface area contributed by atoms with Crippen LogP contribution in [0.15, 0.2) is 18.2 Å². The van der Waals surface area contributed by atoms with E-state index >= 15 is 0 Å². The van der Waals surface area contributed by atoms with Crippen LogP contribution in [0.4, 0.5) is 0 Å². The van der Waals surface area contributed by atoms with Crippen LogP contribution in [0.2, 0.25) is 10.0 Å².